The summed E-state index contributed by atoms with van der Waals surface area (Å²) in [5.41, 5.74) is 4.01. The lowest BCUT2D eigenvalue weighted by molar-refractivity contribution is -0.136. The van der Waals surface area contributed by atoms with Gasteiger partial charge in [-0.05, 0) is 11.1 Å². The Labute approximate surface area is 125 Å². The molecule has 0 radical (unpaired) electrons. The third-order valence-corrected chi connectivity index (χ3v) is 3.45. The zero-order valence-corrected chi connectivity index (χ0v) is 12.0. The van der Waals surface area contributed by atoms with Crippen molar-refractivity contribution in [1.29, 1.82) is 0 Å². The number of carbonyl (C=O) groups is 2. The maximum Gasteiger partial charge on any atom is 0.315 e. The van der Waals surface area contributed by atoms with E-state index in [0.29, 0.717) is 12.1 Å². The van der Waals surface area contributed by atoms with Gasteiger partial charge in [0.25, 0.3) is 0 Å². The van der Waals surface area contributed by atoms with Crippen molar-refractivity contribution in [1.82, 2.24) is 15.6 Å². The van der Waals surface area contributed by atoms with Crippen molar-refractivity contribution in [3.63, 3.8) is 0 Å². The molecular formula is C14H15N3O3S. The molecule has 0 aliphatic rings. The summed E-state index contributed by atoms with van der Waals surface area (Å²) in [5, 5.41) is 16.1. The number of urea groups is 1. The standard InChI is InChI=1S/C14H15N3O3S/c18-13(19)5-10-3-1-2-4-11(10)6-15-14(20)16-7-12-8-21-9-17-12/h1-4,8-9H,5-7H2,(H,18,19)(H2,15,16,20). The molecule has 110 valence electrons. The van der Waals surface area contributed by atoms with Crippen molar-refractivity contribution in [2.45, 2.75) is 19.5 Å². The maximum atomic E-state index is 11.7. The molecule has 7 heteroatoms. The second-order valence-corrected chi connectivity index (χ2v) is 5.07. The number of amides is 2. The van der Waals surface area contributed by atoms with Crippen molar-refractivity contribution < 1.29 is 14.7 Å². The van der Waals surface area contributed by atoms with Gasteiger partial charge in [-0.25, -0.2) is 9.78 Å². The van der Waals surface area contributed by atoms with Crippen LogP contribution in [0.4, 0.5) is 4.79 Å². The van der Waals surface area contributed by atoms with E-state index in [1.165, 1.54) is 11.3 Å². The number of aromatic nitrogens is 1. The largest absolute Gasteiger partial charge is 0.481 e. The highest BCUT2D eigenvalue weighted by molar-refractivity contribution is 7.07. The summed E-state index contributed by atoms with van der Waals surface area (Å²) in [6.07, 6.45) is -0.0572. The molecule has 0 bridgehead atoms. The maximum absolute atomic E-state index is 11.7. The number of nitrogens with one attached hydrogen (secondary N) is 2. The van der Waals surface area contributed by atoms with Gasteiger partial charge in [0, 0.05) is 11.9 Å². The van der Waals surface area contributed by atoms with Crippen LogP contribution < -0.4 is 10.6 Å². The zero-order chi connectivity index (χ0) is 15.1. The summed E-state index contributed by atoms with van der Waals surface area (Å²) >= 11 is 1.47. The molecule has 1 aromatic heterocycles. The molecule has 2 amide bonds. The number of nitrogens with zero attached hydrogens (tertiary/aromatic N) is 1. The van der Waals surface area contributed by atoms with Crippen LogP contribution in [0, 0.1) is 0 Å². The first kappa shape index (κ1) is 15.0. The first-order chi connectivity index (χ1) is 10.1. The SMILES string of the molecule is O=C(O)Cc1ccccc1CNC(=O)NCc1cscn1. The van der Waals surface area contributed by atoms with E-state index in [1.54, 1.807) is 23.7 Å². The van der Waals surface area contributed by atoms with E-state index in [1.807, 2.05) is 11.4 Å². The van der Waals surface area contributed by atoms with Gasteiger partial charge in [-0.3, -0.25) is 4.79 Å². The Morgan fingerprint density at radius 1 is 1.14 bits per heavy atom. The normalized spacial score (nSPS) is 10.1. The monoisotopic (exact) mass is 305 g/mol. The Bertz CT molecular complexity index is 614. The summed E-state index contributed by atoms with van der Waals surface area (Å²) < 4.78 is 0. The Kier molecular flexibility index (Phi) is 5.28. The molecule has 21 heavy (non-hydrogen) atoms. The van der Waals surface area contributed by atoms with Crippen LogP contribution in [0.1, 0.15) is 16.8 Å². The Morgan fingerprint density at radius 2 is 1.86 bits per heavy atom. The smallest absolute Gasteiger partial charge is 0.315 e. The molecule has 3 N–H and O–H groups in total. The zero-order valence-electron chi connectivity index (χ0n) is 11.2. The number of hydrogen-bond acceptors (Lipinski definition) is 4. The molecule has 0 saturated heterocycles. The van der Waals surface area contributed by atoms with Gasteiger partial charge < -0.3 is 15.7 Å². The molecule has 1 heterocycles. The number of aliphatic carboxylic acids is 1. The van der Waals surface area contributed by atoms with Gasteiger partial charge in [0.2, 0.25) is 0 Å². The van der Waals surface area contributed by atoms with Crippen LogP contribution in [-0.4, -0.2) is 22.1 Å². The number of benzene rings is 1. The Hall–Kier alpha value is -2.41. The summed E-state index contributed by atoms with van der Waals surface area (Å²) in [6, 6.07) is 6.84. The highest BCUT2D eigenvalue weighted by Crippen LogP contribution is 2.09. The molecule has 6 nitrogen and oxygen atoms in total. The van der Waals surface area contributed by atoms with E-state index in [2.05, 4.69) is 15.6 Å². The second kappa shape index (κ2) is 7.39. The quantitative estimate of drug-likeness (QED) is 0.758. The van der Waals surface area contributed by atoms with E-state index in [0.717, 1.165) is 11.3 Å². The predicted molar refractivity (Wildman–Crippen MR) is 79.0 cm³/mol. The van der Waals surface area contributed by atoms with Crippen molar-refractivity contribution >= 4 is 23.3 Å². The molecule has 0 unspecified atom stereocenters. The summed E-state index contributed by atoms with van der Waals surface area (Å²) in [5.74, 6) is -0.893. The van der Waals surface area contributed by atoms with Crippen LogP contribution in [0.15, 0.2) is 35.2 Å². The lowest BCUT2D eigenvalue weighted by Crippen LogP contribution is -2.34. The molecule has 0 saturated carbocycles. The van der Waals surface area contributed by atoms with Crippen molar-refractivity contribution in [2.75, 3.05) is 0 Å². The van der Waals surface area contributed by atoms with E-state index < -0.39 is 5.97 Å². The van der Waals surface area contributed by atoms with Crippen LogP contribution in [0.3, 0.4) is 0 Å². The van der Waals surface area contributed by atoms with Crippen molar-refractivity contribution in [2.24, 2.45) is 0 Å². The minimum atomic E-state index is -0.893. The molecule has 0 spiro atoms. The summed E-state index contributed by atoms with van der Waals surface area (Å²) in [7, 11) is 0. The number of rotatable bonds is 6. The number of carboxylic acid groups (broad SMARTS) is 1. The average molecular weight is 305 g/mol. The molecule has 0 fully saturated rings. The lowest BCUT2D eigenvalue weighted by atomic mass is 10.0. The summed E-state index contributed by atoms with van der Waals surface area (Å²) in [6.45, 7) is 0.651. The van der Waals surface area contributed by atoms with E-state index in [9.17, 15) is 9.59 Å². The van der Waals surface area contributed by atoms with Crippen LogP contribution in [-0.2, 0) is 24.3 Å². The van der Waals surface area contributed by atoms with E-state index >= 15 is 0 Å². The van der Waals surface area contributed by atoms with Gasteiger partial charge in [-0.15, -0.1) is 11.3 Å². The van der Waals surface area contributed by atoms with Crippen LogP contribution in [0.25, 0.3) is 0 Å². The number of thiazole rings is 1. The summed E-state index contributed by atoms with van der Waals surface area (Å²) in [4.78, 5) is 26.5. The first-order valence-corrected chi connectivity index (χ1v) is 7.27. The van der Waals surface area contributed by atoms with Gasteiger partial charge in [0.15, 0.2) is 0 Å². The van der Waals surface area contributed by atoms with E-state index in [-0.39, 0.29) is 19.0 Å². The number of hydrogen-bond donors (Lipinski definition) is 3. The second-order valence-electron chi connectivity index (χ2n) is 4.36. The topological polar surface area (TPSA) is 91.3 Å². The average Bonchev–Trinajstić information content (AvgIpc) is 2.97. The number of carbonyl (C=O) groups excluding carboxylic acids is 1. The van der Waals surface area contributed by atoms with Gasteiger partial charge in [-0.2, -0.15) is 0 Å². The van der Waals surface area contributed by atoms with Gasteiger partial charge in [-0.1, -0.05) is 24.3 Å². The molecule has 1 aromatic carbocycles. The van der Waals surface area contributed by atoms with E-state index in [4.69, 9.17) is 5.11 Å². The molecule has 2 aromatic rings. The lowest BCUT2D eigenvalue weighted by Gasteiger charge is -2.10. The minimum Gasteiger partial charge on any atom is -0.481 e. The van der Waals surface area contributed by atoms with Gasteiger partial charge >= 0.3 is 12.0 Å². The highest BCUT2D eigenvalue weighted by Gasteiger charge is 2.07. The van der Waals surface area contributed by atoms with Crippen molar-refractivity contribution in [3.8, 4) is 0 Å². The molecule has 0 aliphatic carbocycles. The highest BCUT2D eigenvalue weighted by atomic mass is 32.1. The fourth-order valence-electron chi connectivity index (χ4n) is 1.80. The van der Waals surface area contributed by atoms with Gasteiger partial charge in [0.1, 0.15) is 0 Å². The van der Waals surface area contributed by atoms with Crippen molar-refractivity contribution in [3.05, 3.63) is 52.0 Å². The third kappa shape index (κ3) is 4.88. The number of carboxylic acids is 1. The third-order valence-electron chi connectivity index (χ3n) is 2.81. The Balaban J connectivity index is 1.84. The molecular weight excluding hydrogens is 290 g/mol. The predicted octanol–water partition coefficient (Wildman–Crippen LogP) is 1.77. The van der Waals surface area contributed by atoms with Crippen LogP contribution >= 0.6 is 11.3 Å². The fourth-order valence-corrected chi connectivity index (χ4v) is 2.36. The minimum absolute atomic E-state index is 0.0572. The molecule has 2 rings (SSSR count). The Morgan fingerprint density at radius 3 is 2.52 bits per heavy atom. The van der Waals surface area contributed by atoms with Crippen LogP contribution in [0.2, 0.25) is 0 Å². The molecule has 0 aliphatic heterocycles. The van der Waals surface area contributed by atoms with Gasteiger partial charge in [0.05, 0.1) is 24.2 Å². The first-order valence-electron chi connectivity index (χ1n) is 6.32. The fraction of sp³-hybridized carbons (Fsp3) is 0.214. The van der Waals surface area contributed by atoms with Crippen LogP contribution in [0.5, 0.6) is 0 Å². The molecule has 0 atom stereocenters.